The van der Waals surface area contributed by atoms with E-state index in [4.69, 9.17) is 14.2 Å². The Hall–Kier alpha value is -3.31. The second-order valence-corrected chi connectivity index (χ2v) is 9.33. The van der Waals surface area contributed by atoms with Crippen molar-refractivity contribution >= 4 is 16.9 Å². The van der Waals surface area contributed by atoms with Crippen molar-refractivity contribution < 1.29 is 19.0 Å². The van der Waals surface area contributed by atoms with E-state index >= 15 is 0 Å². The highest BCUT2D eigenvalue weighted by molar-refractivity contribution is 5.80. The molecule has 1 aliphatic heterocycles. The molecule has 0 spiro atoms. The Balaban J connectivity index is 1.71. The van der Waals surface area contributed by atoms with E-state index in [9.17, 15) is 9.59 Å². The lowest BCUT2D eigenvalue weighted by atomic mass is 9.99. The molecule has 0 unspecified atom stereocenters. The standard InChI is InChI=1S/C25H34N6O5/c1-5-35-22(32)15-31-24(27-28-29-31)23(16(2)3)30(14-20-7-6-10-36-20)13-18-11-17-12-19(34-4)8-9-21(17)26-25(18)33/h8-9,11-12,16,20,23H,5-7,10,13-15H2,1-4H3,(H,26,33)/t20-,23-/m0/s1. The van der Waals surface area contributed by atoms with Crippen LogP contribution in [0.25, 0.3) is 10.9 Å². The monoisotopic (exact) mass is 498 g/mol. The number of nitrogens with one attached hydrogen (secondary N) is 1. The van der Waals surface area contributed by atoms with E-state index in [1.54, 1.807) is 14.0 Å². The van der Waals surface area contributed by atoms with Gasteiger partial charge in [0.25, 0.3) is 5.56 Å². The predicted octanol–water partition coefficient (Wildman–Crippen LogP) is 2.46. The number of fused-ring (bicyclic) bond motifs is 1. The third-order valence-electron chi connectivity index (χ3n) is 6.40. The number of aromatic amines is 1. The van der Waals surface area contributed by atoms with Crippen molar-refractivity contribution in [1.82, 2.24) is 30.1 Å². The quantitative estimate of drug-likeness (QED) is 0.397. The van der Waals surface area contributed by atoms with Crippen molar-refractivity contribution in [2.45, 2.75) is 58.8 Å². The van der Waals surface area contributed by atoms with E-state index < -0.39 is 5.97 Å². The average molecular weight is 499 g/mol. The second-order valence-electron chi connectivity index (χ2n) is 9.33. The van der Waals surface area contributed by atoms with Crippen molar-refractivity contribution in [3.63, 3.8) is 0 Å². The fraction of sp³-hybridized carbons (Fsp3) is 0.560. The number of aromatic nitrogens is 5. The maximum Gasteiger partial charge on any atom is 0.327 e. The lowest BCUT2D eigenvalue weighted by Gasteiger charge is -2.34. The van der Waals surface area contributed by atoms with Gasteiger partial charge < -0.3 is 19.2 Å². The molecule has 3 aromatic rings. The van der Waals surface area contributed by atoms with E-state index in [1.165, 1.54) is 4.68 Å². The van der Waals surface area contributed by atoms with Crippen LogP contribution in [0.15, 0.2) is 29.1 Å². The van der Waals surface area contributed by atoms with E-state index in [-0.39, 0.29) is 36.8 Å². The number of carbonyl (C=O) groups is 1. The summed E-state index contributed by atoms with van der Waals surface area (Å²) in [5, 5.41) is 13.1. The lowest BCUT2D eigenvalue weighted by molar-refractivity contribution is -0.144. The van der Waals surface area contributed by atoms with Gasteiger partial charge >= 0.3 is 5.97 Å². The molecule has 36 heavy (non-hydrogen) atoms. The van der Waals surface area contributed by atoms with Crippen LogP contribution >= 0.6 is 0 Å². The number of hydrogen-bond donors (Lipinski definition) is 1. The van der Waals surface area contributed by atoms with Crippen LogP contribution in [-0.4, -0.2) is 69.0 Å². The number of tetrazole rings is 1. The third-order valence-corrected chi connectivity index (χ3v) is 6.40. The van der Waals surface area contributed by atoms with Gasteiger partial charge in [-0.1, -0.05) is 13.8 Å². The van der Waals surface area contributed by atoms with Gasteiger partial charge in [0, 0.05) is 36.2 Å². The molecule has 0 aliphatic carbocycles. The first-order valence-electron chi connectivity index (χ1n) is 12.4. The lowest BCUT2D eigenvalue weighted by Crippen LogP contribution is -2.40. The SMILES string of the molecule is CCOC(=O)Cn1nnnc1[C@H](C(C)C)N(Cc1cc2cc(OC)ccc2[nH]c1=O)C[C@@H]1CCCO1. The summed E-state index contributed by atoms with van der Waals surface area (Å²) in [5.41, 5.74) is 1.21. The molecule has 0 bridgehead atoms. The molecule has 11 nitrogen and oxygen atoms in total. The molecule has 1 N–H and O–H groups in total. The van der Waals surface area contributed by atoms with Crippen LogP contribution in [0.5, 0.6) is 5.75 Å². The molecule has 0 amide bonds. The maximum atomic E-state index is 13.1. The fourth-order valence-electron chi connectivity index (χ4n) is 4.77. The number of hydrogen-bond acceptors (Lipinski definition) is 9. The van der Waals surface area contributed by atoms with Crippen LogP contribution in [0.2, 0.25) is 0 Å². The van der Waals surface area contributed by atoms with Crippen LogP contribution in [-0.2, 0) is 27.4 Å². The number of ether oxygens (including phenoxy) is 3. The Bertz CT molecular complexity index is 1230. The minimum Gasteiger partial charge on any atom is -0.497 e. The van der Waals surface area contributed by atoms with Gasteiger partial charge in [0.05, 0.1) is 25.9 Å². The Morgan fingerprint density at radius 1 is 1.33 bits per heavy atom. The molecular weight excluding hydrogens is 464 g/mol. The number of benzene rings is 1. The average Bonchev–Trinajstić information content (AvgIpc) is 3.52. The van der Waals surface area contributed by atoms with Gasteiger partial charge in [0.2, 0.25) is 0 Å². The number of nitrogens with zero attached hydrogens (tertiary/aromatic N) is 5. The molecule has 0 radical (unpaired) electrons. The predicted molar refractivity (Wildman–Crippen MR) is 133 cm³/mol. The van der Waals surface area contributed by atoms with E-state index in [0.29, 0.717) is 24.5 Å². The summed E-state index contributed by atoms with van der Waals surface area (Å²) in [7, 11) is 1.62. The van der Waals surface area contributed by atoms with Crippen molar-refractivity contribution in [1.29, 1.82) is 0 Å². The molecule has 194 valence electrons. The molecule has 1 aromatic carbocycles. The smallest absolute Gasteiger partial charge is 0.327 e. The normalized spacial score (nSPS) is 16.7. The van der Waals surface area contributed by atoms with Gasteiger partial charge in [0.15, 0.2) is 5.82 Å². The minimum absolute atomic E-state index is 0.0419. The number of pyridine rings is 1. The molecule has 1 fully saturated rings. The summed E-state index contributed by atoms with van der Waals surface area (Å²) in [6.45, 7) is 7.80. The van der Waals surface area contributed by atoms with Gasteiger partial charge in [-0.2, -0.15) is 0 Å². The summed E-state index contributed by atoms with van der Waals surface area (Å²) in [5.74, 6) is 0.946. The highest BCUT2D eigenvalue weighted by Crippen LogP contribution is 2.30. The van der Waals surface area contributed by atoms with Gasteiger partial charge in [-0.15, -0.1) is 5.10 Å². The Morgan fingerprint density at radius 3 is 2.86 bits per heavy atom. The topological polar surface area (TPSA) is 124 Å². The Labute approximate surface area is 209 Å². The Kier molecular flexibility index (Phi) is 8.32. The summed E-state index contributed by atoms with van der Waals surface area (Å²) in [6, 6.07) is 7.19. The van der Waals surface area contributed by atoms with Crippen molar-refractivity contribution in [2.75, 3.05) is 26.9 Å². The molecule has 2 aromatic heterocycles. The molecule has 2 atom stereocenters. The largest absolute Gasteiger partial charge is 0.497 e. The molecule has 0 saturated carbocycles. The highest BCUT2D eigenvalue weighted by atomic mass is 16.5. The number of esters is 1. The third kappa shape index (κ3) is 5.90. The van der Waals surface area contributed by atoms with Crippen LogP contribution < -0.4 is 10.3 Å². The second kappa shape index (κ2) is 11.6. The molecule has 3 heterocycles. The van der Waals surface area contributed by atoms with Crippen molar-refractivity contribution in [3.8, 4) is 5.75 Å². The van der Waals surface area contributed by atoms with Crippen LogP contribution in [0.3, 0.4) is 0 Å². The van der Waals surface area contributed by atoms with Crippen molar-refractivity contribution in [3.05, 3.63) is 46.0 Å². The van der Waals surface area contributed by atoms with Crippen molar-refractivity contribution in [2.24, 2.45) is 5.92 Å². The van der Waals surface area contributed by atoms with Crippen LogP contribution in [0.1, 0.15) is 51.0 Å². The molecule has 1 aliphatic rings. The first-order chi connectivity index (χ1) is 17.4. The molecule has 4 rings (SSSR count). The zero-order chi connectivity index (χ0) is 25.7. The van der Waals surface area contributed by atoms with Gasteiger partial charge in [-0.3, -0.25) is 14.5 Å². The molecule has 11 heteroatoms. The van der Waals surface area contributed by atoms with E-state index in [1.807, 2.05) is 24.3 Å². The van der Waals surface area contributed by atoms with E-state index in [2.05, 4.69) is 39.3 Å². The maximum absolute atomic E-state index is 13.1. The zero-order valence-corrected chi connectivity index (χ0v) is 21.3. The summed E-state index contributed by atoms with van der Waals surface area (Å²) in [6.07, 6.45) is 1.99. The summed E-state index contributed by atoms with van der Waals surface area (Å²) >= 11 is 0. The number of carbonyl (C=O) groups excluding carboxylic acids is 1. The summed E-state index contributed by atoms with van der Waals surface area (Å²) in [4.78, 5) is 30.4. The van der Waals surface area contributed by atoms with Crippen LogP contribution in [0, 0.1) is 5.92 Å². The zero-order valence-electron chi connectivity index (χ0n) is 21.3. The first-order valence-corrected chi connectivity index (χ1v) is 12.4. The number of H-pyrrole nitrogens is 1. The number of rotatable bonds is 11. The molecule has 1 saturated heterocycles. The van der Waals surface area contributed by atoms with Crippen LogP contribution in [0.4, 0.5) is 0 Å². The summed E-state index contributed by atoms with van der Waals surface area (Å²) < 4.78 is 17.9. The van der Waals surface area contributed by atoms with Gasteiger partial charge in [-0.25, -0.2) is 4.68 Å². The first kappa shape index (κ1) is 25.8. The van der Waals surface area contributed by atoms with E-state index in [0.717, 1.165) is 36.1 Å². The van der Waals surface area contributed by atoms with Gasteiger partial charge in [0.1, 0.15) is 12.3 Å². The number of methoxy groups -OCH3 is 1. The molecular formula is C25H34N6O5. The Morgan fingerprint density at radius 2 is 2.17 bits per heavy atom. The highest BCUT2D eigenvalue weighted by Gasteiger charge is 2.33. The fourth-order valence-corrected chi connectivity index (χ4v) is 4.77. The minimum atomic E-state index is -0.404. The van der Waals surface area contributed by atoms with Gasteiger partial charge in [-0.05, 0) is 60.4 Å².